The fourth-order valence-corrected chi connectivity index (χ4v) is 4.20. The van der Waals surface area contributed by atoms with Crippen LogP contribution < -0.4 is 16.0 Å². The number of rotatable bonds is 4. The molecule has 0 saturated carbocycles. The van der Waals surface area contributed by atoms with Gasteiger partial charge in [0.15, 0.2) is 0 Å². The van der Waals surface area contributed by atoms with Crippen molar-refractivity contribution in [3.8, 4) is 0 Å². The van der Waals surface area contributed by atoms with Gasteiger partial charge in [-0.05, 0) is 34.3 Å². The number of pyridine rings is 1. The molecule has 1 unspecified atom stereocenters. The molecule has 6 nitrogen and oxygen atoms in total. The van der Waals surface area contributed by atoms with Crippen LogP contribution in [0.2, 0.25) is 0 Å². The van der Waals surface area contributed by atoms with Crippen LogP contribution in [-0.2, 0) is 11.2 Å². The van der Waals surface area contributed by atoms with Gasteiger partial charge in [-0.3, -0.25) is 4.79 Å². The predicted octanol–water partition coefficient (Wildman–Crippen LogP) is 3.86. The van der Waals surface area contributed by atoms with Gasteiger partial charge < -0.3 is 20.9 Å². The molecule has 1 saturated heterocycles. The minimum Gasteiger partial charge on any atom is -0.368 e. The molecule has 1 aromatic carbocycles. The van der Waals surface area contributed by atoms with Crippen molar-refractivity contribution in [2.24, 2.45) is 5.73 Å². The van der Waals surface area contributed by atoms with Crippen LogP contribution in [0.15, 0.2) is 47.2 Å². The average Bonchev–Trinajstić information content (AvgIpc) is 3.05. The third kappa shape index (κ3) is 4.32. The first-order valence-corrected chi connectivity index (χ1v) is 9.91. The molecule has 3 heterocycles. The summed E-state index contributed by atoms with van der Waals surface area (Å²) in [6.45, 7) is 1.73. The average molecular weight is 465 g/mol. The summed E-state index contributed by atoms with van der Waals surface area (Å²) in [6, 6.07) is 9.88. The van der Waals surface area contributed by atoms with Gasteiger partial charge in [-0.25, -0.2) is 4.98 Å². The number of amides is 1. The number of hydrogen-bond acceptors (Lipinski definition) is 4. The fraction of sp³-hybridized carbons (Fsp3) is 0.300. The maximum Gasteiger partial charge on any atom is 0.228 e. The lowest BCUT2D eigenvalue weighted by Gasteiger charge is -2.33. The lowest BCUT2D eigenvalue weighted by atomic mass is 10.1. The molecule has 1 amide bonds. The Labute approximate surface area is 178 Å². The number of carbonyl (C=O) groups excluding carboxylic acids is 1. The second-order valence-electron chi connectivity index (χ2n) is 6.94. The second kappa shape index (κ2) is 8.94. The molecule has 1 atom stereocenters. The molecule has 4 N–H and O–H groups in total. The zero-order valence-electron chi connectivity index (χ0n) is 15.3. The fourth-order valence-electron chi connectivity index (χ4n) is 3.65. The highest BCUT2D eigenvalue weighted by Gasteiger charge is 2.23. The highest BCUT2D eigenvalue weighted by Crippen LogP contribution is 2.38. The zero-order valence-corrected chi connectivity index (χ0v) is 17.7. The highest BCUT2D eigenvalue weighted by atomic mass is 79.9. The van der Waals surface area contributed by atoms with Gasteiger partial charge in [-0.1, -0.05) is 30.3 Å². The number of nitrogens with one attached hydrogen (secondary N) is 2. The van der Waals surface area contributed by atoms with Gasteiger partial charge in [-0.2, -0.15) is 0 Å². The van der Waals surface area contributed by atoms with Gasteiger partial charge in [-0.15, -0.1) is 12.4 Å². The third-order valence-electron chi connectivity index (χ3n) is 4.89. The van der Waals surface area contributed by atoms with Crippen LogP contribution in [0.1, 0.15) is 18.4 Å². The number of piperidine rings is 1. The van der Waals surface area contributed by atoms with E-state index in [0.29, 0.717) is 6.42 Å². The van der Waals surface area contributed by atoms with E-state index in [-0.39, 0.29) is 24.4 Å². The first-order chi connectivity index (χ1) is 13.1. The number of nitrogens with two attached hydrogens (primary N) is 1. The Bertz CT molecular complexity index is 962. The molecular weight excluding hydrogens is 442 g/mol. The van der Waals surface area contributed by atoms with E-state index < -0.39 is 0 Å². The standard InChI is InChI=1S/C20H22BrN5O.ClH/c21-15-10-23-20-18(19(15)26-8-4-7-14(22)12-26)16(11-24-20)25-17(27)9-13-5-2-1-3-6-13;/h1-3,5-6,10-11,14H,4,7-9,12,22H2,(H,23,24)(H,25,27);1H. The van der Waals surface area contributed by atoms with Crippen LogP contribution in [-0.4, -0.2) is 35.0 Å². The Morgan fingerprint density at radius 3 is 2.89 bits per heavy atom. The van der Waals surface area contributed by atoms with Crippen LogP contribution in [0.4, 0.5) is 11.4 Å². The molecule has 2 aromatic heterocycles. The van der Waals surface area contributed by atoms with Gasteiger partial charge in [0.1, 0.15) is 5.65 Å². The first kappa shape index (κ1) is 20.6. The number of H-pyrrole nitrogens is 1. The molecule has 1 aliphatic rings. The van der Waals surface area contributed by atoms with E-state index in [4.69, 9.17) is 5.73 Å². The summed E-state index contributed by atoms with van der Waals surface area (Å²) in [4.78, 5) is 22.5. The summed E-state index contributed by atoms with van der Waals surface area (Å²) in [6.07, 6.45) is 6.02. The van der Waals surface area contributed by atoms with Crippen molar-refractivity contribution in [3.63, 3.8) is 0 Å². The number of aromatic amines is 1. The minimum absolute atomic E-state index is 0. The lowest BCUT2D eigenvalue weighted by Crippen LogP contribution is -2.43. The van der Waals surface area contributed by atoms with E-state index in [1.807, 2.05) is 30.3 Å². The number of nitrogens with zero attached hydrogens (tertiary/aromatic N) is 2. The molecule has 148 valence electrons. The minimum atomic E-state index is -0.0524. The molecule has 8 heteroatoms. The predicted molar refractivity (Wildman–Crippen MR) is 119 cm³/mol. The molecule has 0 bridgehead atoms. The van der Waals surface area contributed by atoms with Crippen molar-refractivity contribution in [2.75, 3.05) is 23.3 Å². The van der Waals surface area contributed by atoms with Crippen molar-refractivity contribution in [3.05, 3.63) is 52.8 Å². The van der Waals surface area contributed by atoms with E-state index in [1.54, 1.807) is 12.4 Å². The van der Waals surface area contributed by atoms with Gasteiger partial charge in [0.25, 0.3) is 0 Å². The Hall–Kier alpha value is -2.09. The third-order valence-corrected chi connectivity index (χ3v) is 5.47. The smallest absolute Gasteiger partial charge is 0.228 e. The van der Waals surface area contributed by atoms with E-state index in [2.05, 4.69) is 36.1 Å². The number of aromatic nitrogens is 2. The Morgan fingerprint density at radius 1 is 1.36 bits per heavy atom. The zero-order chi connectivity index (χ0) is 18.8. The van der Waals surface area contributed by atoms with Crippen LogP contribution in [0.5, 0.6) is 0 Å². The number of hydrogen-bond donors (Lipinski definition) is 3. The number of fused-ring (bicyclic) bond motifs is 1. The summed E-state index contributed by atoms with van der Waals surface area (Å²) < 4.78 is 0.905. The molecule has 4 rings (SSSR count). The normalized spacial score (nSPS) is 16.6. The van der Waals surface area contributed by atoms with Crippen LogP contribution >= 0.6 is 28.3 Å². The van der Waals surface area contributed by atoms with Gasteiger partial charge in [0.05, 0.1) is 27.7 Å². The monoisotopic (exact) mass is 463 g/mol. The molecule has 1 aliphatic heterocycles. The van der Waals surface area contributed by atoms with Crippen molar-refractivity contribution < 1.29 is 4.79 Å². The number of anilines is 2. The van der Waals surface area contributed by atoms with Gasteiger partial charge >= 0.3 is 0 Å². The number of carbonyl (C=O) groups is 1. The van der Waals surface area contributed by atoms with E-state index >= 15 is 0 Å². The molecule has 3 aromatic rings. The van der Waals surface area contributed by atoms with E-state index in [0.717, 1.165) is 58.4 Å². The Balaban J connectivity index is 0.00000225. The molecule has 0 aliphatic carbocycles. The highest BCUT2D eigenvalue weighted by molar-refractivity contribution is 9.10. The van der Waals surface area contributed by atoms with Gasteiger partial charge in [0.2, 0.25) is 5.91 Å². The Morgan fingerprint density at radius 2 is 2.14 bits per heavy atom. The molecule has 0 spiro atoms. The molecule has 28 heavy (non-hydrogen) atoms. The number of halogens is 2. The first-order valence-electron chi connectivity index (χ1n) is 9.11. The van der Waals surface area contributed by atoms with Crippen molar-refractivity contribution >= 4 is 56.7 Å². The Kier molecular flexibility index (Phi) is 6.59. The summed E-state index contributed by atoms with van der Waals surface area (Å²) in [5.74, 6) is -0.0524. The van der Waals surface area contributed by atoms with Crippen molar-refractivity contribution in [2.45, 2.75) is 25.3 Å². The van der Waals surface area contributed by atoms with E-state index in [1.165, 1.54) is 0 Å². The van der Waals surface area contributed by atoms with Crippen molar-refractivity contribution in [1.82, 2.24) is 9.97 Å². The van der Waals surface area contributed by atoms with E-state index in [9.17, 15) is 4.79 Å². The summed E-state index contributed by atoms with van der Waals surface area (Å²) in [5, 5.41) is 3.96. The maximum atomic E-state index is 12.6. The van der Waals surface area contributed by atoms with Crippen LogP contribution in [0.3, 0.4) is 0 Å². The summed E-state index contributed by atoms with van der Waals surface area (Å²) in [5.41, 5.74) is 9.70. The van der Waals surface area contributed by atoms with Crippen molar-refractivity contribution in [1.29, 1.82) is 0 Å². The largest absolute Gasteiger partial charge is 0.368 e. The number of benzene rings is 1. The SMILES string of the molecule is Cl.NC1CCCN(c2c(Br)cnc3[nH]cc(NC(=O)Cc4ccccc4)c23)C1. The summed E-state index contributed by atoms with van der Waals surface area (Å²) in [7, 11) is 0. The molecular formula is C20H23BrClN5O. The van der Waals surface area contributed by atoms with Gasteiger partial charge in [0, 0.05) is 31.5 Å². The topological polar surface area (TPSA) is 87.0 Å². The lowest BCUT2D eigenvalue weighted by molar-refractivity contribution is -0.115. The second-order valence-corrected chi connectivity index (χ2v) is 7.79. The molecule has 1 fully saturated rings. The van der Waals surface area contributed by atoms with Crippen LogP contribution in [0.25, 0.3) is 11.0 Å². The quantitative estimate of drug-likeness (QED) is 0.547. The molecule has 0 radical (unpaired) electrons. The maximum absolute atomic E-state index is 12.6. The summed E-state index contributed by atoms with van der Waals surface area (Å²) >= 11 is 3.64. The van der Waals surface area contributed by atoms with Crippen LogP contribution in [0, 0.1) is 0 Å².